The standard InChI is InChI=1S/C25H29N5O6/c1-17-14-21(29-36-17)28-22(31)6-7-23(32)30(16-20-5-3-13-35-20)24(18-8-10-26-11-9-18)25(33)27-15-19-4-2-12-34-19/h3,5,8-11,13-14,19,24H,2,4,6-7,12,15-16H2,1H3,(H,27,33)(H,28,29,31)/t19-,24+/m0/s1. The molecule has 0 spiro atoms. The molecule has 4 heterocycles. The molecule has 1 aliphatic rings. The van der Waals surface area contributed by atoms with E-state index in [1.165, 1.54) is 11.2 Å². The summed E-state index contributed by atoms with van der Waals surface area (Å²) in [6.07, 6.45) is 6.19. The third-order valence-corrected chi connectivity index (χ3v) is 5.80. The molecule has 3 aromatic rings. The maximum absolute atomic E-state index is 13.5. The van der Waals surface area contributed by atoms with Gasteiger partial charge >= 0.3 is 0 Å². The van der Waals surface area contributed by atoms with Gasteiger partial charge in [0, 0.05) is 44.5 Å². The van der Waals surface area contributed by atoms with Crippen LogP contribution in [0.5, 0.6) is 0 Å². The van der Waals surface area contributed by atoms with Gasteiger partial charge in [-0.3, -0.25) is 19.4 Å². The molecule has 11 nitrogen and oxygen atoms in total. The van der Waals surface area contributed by atoms with Crippen molar-refractivity contribution in [2.75, 3.05) is 18.5 Å². The third-order valence-electron chi connectivity index (χ3n) is 5.80. The van der Waals surface area contributed by atoms with E-state index in [4.69, 9.17) is 13.7 Å². The summed E-state index contributed by atoms with van der Waals surface area (Å²) in [5, 5.41) is 9.26. The molecule has 0 aromatic carbocycles. The molecule has 0 radical (unpaired) electrons. The Balaban J connectivity index is 1.51. The van der Waals surface area contributed by atoms with E-state index in [2.05, 4.69) is 20.8 Å². The van der Waals surface area contributed by atoms with Crippen LogP contribution in [0.4, 0.5) is 5.82 Å². The van der Waals surface area contributed by atoms with E-state index in [0.29, 0.717) is 30.2 Å². The zero-order valence-electron chi connectivity index (χ0n) is 20.0. The Hall–Kier alpha value is -3.99. The van der Waals surface area contributed by atoms with Crippen molar-refractivity contribution < 1.29 is 28.1 Å². The average Bonchev–Trinajstić information content (AvgIpc) is 3.66. The summed E-state index contributed by atoms with van der Waals surface area (Å²) >= 11 is 0. The molecule has 0 unspecified atom stereocenters. The van der Waals surface area contributed by atoms with Crippen molar-refractivity contribution in [2.24, 2.45) is 0 Å². The lowest BCUT2D eigenvalue weighted by Gasteiger charge is -2.31. The minimum Gasteiger partial charge on any atom is -0.467 e. The van der Waals surface area contributed by atoms with Crippen LogP contribution in [-0.2, 0) is 25.7 Å². The molecule has 2 atom stereocenters. The van der Waals surface area contributed by atoms with Gasteiger partial charge in [0.1, 0.15) is 17.6 Å². The van der Waals surface area contributed by atoms with Crippen molar-refractivity contribution in [1.29, 1.82) is 0 Å². The number of ether oxygens (including phenoxy) is 1. The number of nitrogens with one attached hydrogen (secondary N) is 2. The second-order valence-electron chi connectivity index (χ2n) is 8.54. The van der Waals surface area contributed by atoms with Crippen molar-refractivity contribution >= 4 is 23.5 Å². The second-order valence-corrected chi connectivity index (χ2v) is 8.54. The van der Waals surface area contributed by atoms with Crippen LogP contribution in [0.3, 0.4) is 0 Å². The molecular weight excluding hydrogens is 466 g/mol. The number of furan rings is 1. The zero-order chi connectivity index (χ0) is 25.3. The van der Waals surface area contributed by atoms with Crippen molar-refractivity contribution in [2.45, 2.75) is 51.3 Å². The number of aromatic nitrogens is 2. The normalized spacial score (nSPS) is 15.9. The summed E-state index contributed by atoms with van der Waals surface area (Å²) in [4.78, 5) is 44.8. The van der Waals surface area contributed by atoms with Gasteiger partial charge in [-0.1, -0.05) is 5.16 Å². The average molecular weight is 496 g/mol. The largest absolute Gasteiger partial charge is 0.467 e. The van der Waals surface area contributed by atoms with Crippen LogP contribution >= 0.6 is 0 Å². The fourth-order valence-corrected chi connectivity index (χ4v) is 4.02. The lowest BCUT2D eigenvalue weighted by atomic mass is 10.0. The second kappa shape index (κ2) is 12.1. The van der Waals surface area contributed by atoms with E-state index < -0.39 is 11.9 Å². The number of hydrogen-bond acceptors (Lipinski definition) is 8. The lowest BCUT2D eigenvalue weighted by molar-refractivity contribution is -0.142. The molecule has 0 bridgehead atoms. The molecule has 2 N–H and O–H groups in total. The molecule has 11 heteroatoms. The molecular formula is C25H29N5O6. The Bertz CT molecular complexity index is 1140. The van der Waals surface area contributed by atoms with Gasteiger partial charge in [-0.2, -0.15) is 0 Å². The van der Waals surface area contributed by atoms with Crippen LogP contribution in [0, 0.1) is 6.92 Å². The number of carbonyl (C=O) groups is 3. The van der Waals surface area contributed by atoms with Crippen molar-refractivity contribution in [3.8, 4) is 0 Å². The van der Waals surface area contributed by atoms with Crippen LogP contribution in [-0.4, -0.2) is 52.0 Å². The van der Waals surface area contributed by atoms with Crippen LogP contribution in [0.1, 0.15) is 48.8 Å². The Morgan fingerprint density at radius 3 is 2.69 bits per heavy atom. The van der Waals surface area contributed by atoms with E-state index >= 15 is 0 Å². The first kappa shape index (κ1) is 25.1. The summed E-state index contributed by atoms with van der Waals surface area (Å²) in [5.74, 6) is 0.224. The quantitative estimate of drug-likeness (QED) is 0.414. The number of pyridine rings is 1. The van der Waals surface area contributed by atoms with Gasteiger partial charge in [-0.25, -0.2) is 0 Å². The summed E-state index contributed by atoms with van der Waals surface area (Å²) in [7, 11) is 0. The smallest absolute Gasteiger partial charge is 0.247 e. The monoisotopic (exact) mass is 495 g/mol. The van der Waals surface area contributed by atoms with Gasteiger partial charge in [-0.05, 0) is 49.6 Å². The molecule has 0 saturated carbocycles. The fraction of sp³-hybridized carbons (Fsp3) is 0.400. The predicted molar refractivity (Wildman–Crippen MR) is 127 cm³/mol. The zero-order valence-corrected chi connectivity index (χ0v) is 20.0. The molecule has 0 aliphatic carbocycles. The molecule has 1 aliphatic heterocycles. The number of amides is 3. The van der Waals surface area contributed by atoms with Crippen LogP contribution in [0.15, 0.2) is 57.9 Å². The third kappa shape index (κ3) is 6.79. The number of rotatable bonds is 11. The number of nitrogens with zero attached hydrogens (tertiary/aromatic N) is 3. The summed E-state index contributed by atoms with van der Waals surface area (Å²) in [6, 6.07) is 7.46. The van der Waals surface area contributed by atoms with E-state index in [1.807, 2.05) is 0 Å². The van der Waals surface area contributed by atoms with Gasteiger partial charge in [0.15, 0.2) is 5.82 Å². The number of anilines is 1. The molecule has 4 rings (SSSR count). The van der Waals surface area contributed by atoms with Gasteiger partial charge < -0.3 is 29.2 Å². The summed E-state index contributed by atoms with van der Waals surface area (Å²) in [6.45, 7) is 2.79. The number of hydrogen-bond donors (Lipinski definition) is 2. The topological polar surface area (TPSA) is 140 Å². The van der Waals surface area contributed by atoms with E-state index in [0.717, 1.165) is 12.8 Å². The Morgan fingerprint density at radius 2 is 2.03 bits per heavy atom. The SMILES string of the molecule is Cc1cc(NC(=O)CCC(=O)N(Cc2ccco2)[C@@H](C(=O)NC[C@@H]2CCCO2)c2ccncc2)no1. The minimum absolute atomic E-state index is 0.0508. The van der Waals surface area contributed by atoms with Crippen molar-refractivity contribution in [3.63, 3.8) is 0 Å². The Kier molecular flexibility index (Phi) is 8.45. The van der Waals surface area contributed by atoms with Gasteiger partial charge in [0.05, 0.1) is 18.9 Å². The first-order valence-corrected chi connectivity index (χ1v) is 11.8. The highest BCUT2D eigenvalue weighted by Gasteiger charge is 2.33. The van der Waals surface area contributed by atoms with Gasteiger partial charge in [-0.15, -0.1) is 0 Å². The molecule has 1 saturated heterocycles. The van der Waals surface area contributed by atoms with Gasteiger partial charge in [0.2, 0.25) is 17.7 Å². The minimum atomic E-state index is -0.951. The first-order chi connectivity index (χ1) is 17.5. The molecule has 1 fully saturated rings. The van der Waals surface area contributed by atoms with E-state index in [-0.39, 0.29) is 43.1 Å². The highest BCUT2D eigenvalue weighted by atomic mass is 16.5. The Morgan fingerprint density at radius 1 is 1.19 bits per heavy atom. The highest BCUT2D eigenvalue weighted by molar-refractivity contribution is 5.94. The Labute approximate surface area is 208 Å². The summed E-state index contributed by atoms with van der Waals surface area (Å²) < 4.78 is 16.0. The maximum atomic E-state index is 13.5. The van der Waals surface area contributed by atoms with Gasteiger partial charge in [0.25, 0.3) is 0 Å². The van der Waals surface area contributed by atoms with Crippen LogP contribution in [0.25, 0.3) is 0 Å². The van der Waals surface area contributed by atoms with E-state index in [9.17, 15) is 14.4 Å². The molecule has 36 heavy (non-hydrogen) atoms. The maximum Gasteiger partial charge on any atom is 0.247 e. The fourth-order valence-electron chi connectivity index (χ4n) is 4.02. The molecule has 3 aromatic heterocycles. The highest BCUT2D eigenvalue weighted by Crippen LogP contribution is 2.25. The molecule has 190 valence electrons. The summed E-state index contributed by atoms with van der Waals surface area (Å²) in [5.41, 5.74) is 0.595. The van der Waals surface area contributed by atoms with Crippen molar-refractivity contribution in [1.82, 2.24) is 20.4 Å². The lowest BCUT2D eigenvalue weighted by Crippen LogP contribution is -2.45. The molecule has 3 amide bonds. The van der Waals surface area contributed by atoms with Crippen LogP contribution in [0.2, 0.25) is 0 Å². The van der Waals surface area contributed by atoms with E-state index in [1.54, 1.807) is 49.6 Å². The number of carbonyl (C=O) groups excluding carboxylic acids is 3. The first-order valence-electron chi connectivity index (χ1n) is 11.8. The van der Waals surface area contributed by atoms with Crippen LogP contribution < -0.4 is 10.6 Å². The predicted octanol–water partition coefficient (Wildman–Crippen LogP) is 2.76. The van der Waals surface area contributed by atoms with Crippen molar-refractivity contribution in [3.05, 3.63) is 66.1 Å². The number of aryl methyl sites for hydroxylation is 1.